The Labute approximate surface area is 105 Å². The van der Waals surface area contributed by atoms with Crippen molar-refractivity contribution in [1.29, 1.82) is 0 Å². The summed E-state index contributed by atoms with van der Waals surface area (Å²) < 4.78 is 4.81. The van der Waals surface area contributed by atoms with Crippen LogP contribution in [0, 0.1) is 0 Å². The van der Waals surface area contributed by atoms with Crippen molar-refractivity contribution in [3.63, 3.8) is 0 Å². The van der Waals surface area contributed by atoms with Gasteiger partial charge in [0.05, 0.1) is 0 Å². The number of carbonyl (C=O) groups is 2. The summed E-state index contributed by atoms with van der Waals surface area (Å²) in [6.07, 6.45) is 2.88. The molecule has 0 fully saturated rings. The quantitative estimate of drug-likeness (QED) is 0.579. The van der Waals surface area contributed by atoms with E-state index >= 15 is 0 Å². The molecule has 0 aliphatic carbocycles. The molecular formula is C13H15NO4. The Morgan fingerprint density at radius 2 is 2.06 bits per heavy atom. The van der Waals surface area contributed by atoms with Gasteiger partial charge in [-0.25, -0.2) is 4.79 Å². The standard InChI is InChI=1S/C13H15NO4/c1-14-11(13(16)17)9-18-12(15)8-7-10-5-3-2-4-6-10/h2-8,11,14H,9H2,1H3,(H,16,17). The number of esters is 1. The lowest BCUT2D eigenvalue weighted by atomic mass is 10.2. The van der Waals surface area contributed by atoms with Gasteiger partial charge in [0.25, 0.3) is 0 Å². The van der Waals surface area contributed by atoms with E-state index < -0.39 is 18.0 Å². The van der Waals surface area contributed by atoms with Gasteiger partial charge < -0.3 is 15.2 Å². The van der Waals surface area contributed by atoms with Gasteiger partial charge in [-0.15, -0.1) is 0 Å². The molecule has 0 heterocycles. The zero-order valence-corrected chi connectivity index (χ0v) is 10.00. The van der Waals surface area contributed by atoms with Crippen LogP contribution in [0.4, 0.5) is 0 Å². The summed E-state index contributed by atoms with van der Waals surface area (Å²) >= 11 is 0. The summed E-state index contributed by atoms with van der Waals surface area (Å²) in [6.45, 7) is -0.205. The molecular weight excluding hydrogens is 234 g/mol. The Morgan fingerprint density at radius 1 is 1.39 bits per heavy atom. The van der Waals surface area contributed by atoms with Crippen molar-refractivity contribution in [2.75, 3.05) is 13.7 Å². The monoisotopic (exact) mass is 249 g/mol. The molecule has 5 nitrogen and oxygen atoms in total. The molecule has 0 saturated carbocycles. The zero-order valence-electron chi connectivity index (χ0n) is 10.00. The molecule has 1 aromatic carbocycles. The predicted molar refractivity (Wildman–Crippen MR) is 66.9 cm³/mol. The summed E-state index contributed by atoms with van der Waals surface area (Å²) in [5.74, 6) is -1.63. The number of hydrogen-bond acceptors (Lipinski definition) is 4. The average molecular weight is 249 g/mol. The van der Waals surface area contributed by atoms with Gasteiger partial charge in [-0.05, 0) is 18.7 Å². The number of carboxylic acid groups (broad SMARTS) is 1. The third-order valence-electron chi connectivity index (χ3n) is 2.25. The SMILES string of the molecule is CNC(COC(=O)C=Cc1ccccc1)C(=O)O. The number of rotatable bonds is 6. The Bertz CT molecular complexity index is 428. The van der Waals surface area contributed by atoms with Crippen LogP contribution in [0.2, 0.25) is 0 Å². The molecule has 0 aliphatic rings. The van der Waals surface area contributed by atoms with Gasteiger partial charge in [-0.3, -0.25) is 4.79 Å². The number of nitrogens with one attached hydrogen (secondary N) is 1. The van der Waals surface area contributed by atoms with E-state index in [9.17, 15) is 9.59 Å². The summed E-state index contributed by atoms with van der Waals surface area (Å²) in [5, 5.41) is 11.3. The van der Waals surface area contributed by atoms with Gasteiger partial charge >= 0.3 is 11.9 Å². The van der Waals surface area contributed by atoms with E-state index in [1.165, 1.54) is 13.1 Å². The minimum absolute atomic E-state index is 0.205. The van der Waals surface area contributed by atoms with E-state index in [4.69, 9.17) is 9.84 Å². The number of carboxylic acids is 1. The fourth-order valence-electron chi connectivity index (χ4n) is 1.22. The van der Waals surface area contributed by atoms with E-state index in [1.807, 2.05) is 30.3 Å². The Morgan fingerprint density at radius 3 is 2.61 bits per heavy atom. The number of benzene rings is 1. The molecule has 0 aliphatic heterocycles. The van der Waals surface area contributed by atoms with Gasteiger partial charge in [0.2, 0.25) is 0 Å². The van der Waals surface area contributed by atoms with Gasteiger partial charge in [0, 0.05) is 6.08 Å². The largest absolute Gasteiger partial charge is 0.480 e. The van der Waals surface area contributed by atoms with Crippen molar-refractivity contribution in [3.8, 4) is 0 Å². The van der Waals surface area contributed by atoms with E-state index in [0.29, 0.717) is 0 Å². The molecule has 0 amide bonds. The van der Waals surface area contributed by atoms with Crippen LogP contribution >= 0.6 is 0 Å². The van der Waals surface area contributed by atoms with Crippen molar-refractivity contribution < 1.29 is 19.4 Å². The Hall–Kier alpha value is -2.14. The highest BCUT2D eigenvalue weighted by atomic mass is 16.5. The molecule has 1 atom stereocenters. The molecule has 0 bridgehead atoms. The smallest absolute Gasteiger partial charge is 0.330 e. The van der Waals surface area contributed by atoms with Crippen LogP contribution in [0.25, 0.3) is 6.08 Å². The number of carbonyl (C=O) groups excluding carboxylic acids is 1. The first kappa shape index (κ1) is 13.9. The molecule has 1 aromatic rings. The minimum Gasteiger partial charge on any atom is -0.480 e. The molecule has 2 N–H and O–H groups in total. The highest BCUT2D eigenvalue weighted by Gasteiger charge is 2.16. The highest BCUT2D eigenvalue weighted by molar-refractivity contribution is 5.87. The van der Waals surface area contributed by atoms with Gasteiger partial charge in [0.1, 0.15) is 12.6 Å². The first-order valence-electron chi connectivity index (χ1n) is 5.43. The third kappa shape index (κ3) is 4.80. The minimum atomic E-state index is -1.06. The lowest BCUT2D eigenvalue weighted by Crippen LogP contribution is -2.38. The second-order valence-corrected chi connectivity index (χ2v) is 3.55. The number of aliphatic carboxylic acids is 1. The average Bonchev–Trinajstić information content (AvgIpc) is 2.38. The fraction of sp³-hybridized carbons (Fsp3) is 0.231. The predicted octanol–water partition coefficient (Wildman–Crippen LogP) is 0.916. The summed E-state index contributed by atoms with van der Waals surface area (Å²) in [4.78, 5) is 22.0. The summed E-state index contributed by atoms with van der Waals surface area (Å²) in [5.41, 5.74) is 0.873. The first-order valence-corrected chi connectivity index (χ1v) is 5.43. The molecule has 0 radical (unpaired) electrons. The lowest BCUT2D eigenvalue weighted by molar-refractivity contribution is -0.145. The maximum absolute atomic E-state index is 11.3. The molecule has 1 unspecified atom stereocenters. The van der Waals surface area contributed by atoms with Crippen LogP contribution in [0.3, 0.4) is 0 Å². The van der Waals surface area contributed by atoms with Crippen molar-refractivity contribution in [1.82, 2.24) is 5.32 Å². The van der Waals surface area contributed by atoms with E-state index in [2.05, 4.69) is 5.32 Å². The first-order chi connectivity index (χ1) is 8.63. The van der Waals surface area contributed by atoms with Gasteiger partial charge in [-0.1, -0.05) is 30.3 Å². The van der Waals surface area contributed by atoms with Crippen molar-refractivity contribution in [3.05, 3.63) is 42.0 Å². The Balaban J connectivity index is 2.43. The molecule has 1 rings (SSSR count). The molecule has 0 spiro atoms. The zero-order chi connectivity index (χ0) is 13.4. The molecule has 0 aromatic heterocycles. The van der Waals surface area contributed by atoms with E-state index in [1.54, 1.807) is 6.08 Å². The molecule has 5 heteroatoms. The lowest BCUT2D eigenvalue weighted by Gasteiger charge is -2.10. The second-order valence-electron chi connectivity index (χ2n) is 3.55. The molecule has 96 valence electrons. The van der Waals surface area contributed by atoms with Crippen LogP contribution in [-0.2, 0) is 14.3 Å². The van der Waals surface area contributed by atoms with Gasteiger partial charge in [-0.2, -0.15) is 0 Å². The summed E-state index contributed by atoms with van der Waals surface area (Å²) in [6, 6.07) is 8.38. The van der Waals surface area contributed by atoms with Crippen LogP contribution in [0.15, 0.2) is 36.4 Å². The highest BCUT2D eigenvalue weighted by Crippen LogP contribution is 2.01. The second kappa shape index (κ2) is 7.24. The number of hydrogen-bond donors (Lipinski definition) is 2. The normalized spacial score (nSPS) is 12.3. The van der Waals surface area contributed by atoms with Gasteiger partial charge in [0.15, 0.2) is 0 Å². The number of ether oxygens (including phenoxy) is 1. The summed E-state index contributed by atoms with van der Waals surface area (Å²) in [7, 11) is 1.49. The van der Waals surface area contributed by atoms with Crippen LogP contribution in [-0.4, -0.2) is 36.7 Å². The van der Waals surface area contributed by atoms with Crippen molar-refractivity contribution in [2.45, 2.75) is 6.04 Å². The van der Waals surface area contributed by atoms with Crippen LogP contribution in [0.5, 0.6) is 0 Å². The van der Waals surface area contributed by atoms with Crippen LogP contribution in [0.1, 0.15) is 5.56 Å². The topological polar surface area (TPSA) is 75.6 Å². The fourth-order valence-corrected chi connectivity index (χ4v) is 1.22. The Kier molecular flexibility index (Phi) is 5.60. The number of likely N-dealkylation sites (N-methyl/N-ethyl adjacent to an activating group) is 1. The van der Waals surface area contributed by atoms with E-state index in [0.717, 1.165) is 5.56 Å². The molecule has 0 saturated heterocycles. The van der Waals surface area contributed by atoms with Crippen LogP contribution < -0.4 is 5.32 Å². The third-order valence-corrected chi connectivity index (χ3v) is 2.25. The maximum atomic E-state index is 11.3. The van der Waals surface area contributed by atoms with E-state index in [-0.39, 0.29) is 6.61 Å². The molecule has 18 heavy (non-hydrogen) atoms. The van der Waals surface area contributed by atoms with Crippen molar-refractivity contribution in [2.24, 2.45) is 0 Å². The maximum Gasteiger partial charge on any atom is 0.330 e. The van der Waals surface area contributed by atoms with Crippen molar-refractivity contribution >= 4 is 18.0 Å².